The number of thiazole rings is 2. The Morgan fingerprint density at radius 1 is 0.676 bits per heavy atom. The average molecular weight is 527 g/mol. The lowest BCUT2D eigenvalue weighted by molar-refractivity contribution is -0.114. The average Bonchev–Trinajstić information content (AvgIpc) is 3.43. The molecule has 0 atom stereocenters. The van der Waals surface area contributed by atoms with Gasteiger partial charge in [0.05, 0.1) is 11.5 Å². The Balaban J connectivity index is 1.32. The topological polar surface area (TPSA) is 129 Å². The molecule has 0 aliphatic heterocycles. The smallest absolute Gasteiger partial charge is 0.206 e. The summed E-state index contributed by atoms with van der Waals surface area (Å²) >= 11 is 4.84. The monoisotopic (exact) mass is 526 g/mol. The van der Waals surface area contributed by atoms with E-state index < -0.39 is 0 Å². The van der Waals surface area contributed by atoms with Crippen molar-refractivity contribution in [3.05, 3.63) is 81.5 Å². The molecule has 0 bridgehead atoms. The Morgan fingerprint density at radius 3 is 1.44 bits per heavy atom. The van der Waals surface area contributed by atoms with E-state index in [1.165, 1.54) is 46.2 Å². The number of thioether (sulfide) groups is 2. The van der Waals surface area contributed by atoms with Gasteiger partial charge < -0.3 is 11.5 Å². The summed E-state index contributed by atoms with van der Waals surface area (Å²) in [5.41, 5.74) is 12.9. The molecule has 172 valence electrons. The summed E-state index contributed by atoms with van der Waals surface area (Å²) in [6, 6.07) is 17.7. The van der Waals surface area contributed by atoms with Gasteiger partial charge in [0.2, 0.25) is 11.6 Å². The maximum atomic E-state index is 12.6. The SMILES string of the molecule is Nc1nc(SCC(=O)CSc2nc(N)c(C(=O)c3ccccc3)s2)sc1C(=O)c1ccccc1. The second kappa shape index (κ2) is 11.0. The number of hydrogen-bond acceptors (Lipinski definition) is 11. The zero-order chi connectivity index (χ0) is 24.1. The third kappa shape index (κ3) is 5.73. The van der Waals surface area contributed by atoms with Crippen LogP contribution in [0.15, 0.2) is 69.3 Å². The van der Waals surface area contributed by atoms with Gasteiger partial charge in [-0.25, -0.2) is 9.97 Å². The van der Waals surface area contributed by atoms with E-state index in [2.05, 4.69) is 9.97 Å². The number of nitrogens with two attached hydrogens (primary N) is 2. The van der Waals surface area contributed by atoms with E-state index in [1.807, 2.05) is 12.1 Å². The normalized spacial score (nSPS) is 10.8. The fourth-order valence-corrected chi connectivity index (χ4v) is 6.75. The molecule has 2 aromatic heterocycles. The minimum atomic E-state index is -0.188. The molecular weight excluding hydrogens is 509 g/mol. The van der Waals surface area contributed by atoms with Gasteiger partial charge in [0.25, 0.3) is 0 Å². The molecule has 0 saturated carbocycles. The first-order valence-corrected chi connectivity index (χ1v) is 13.5. The van der Waals surface area contributed by atoms with Crippen molar-refractivity contribution in [3.63, 3.8) is 0 Å². The van der Waals surface area contributed by atoms with Crippen molar-refractivity contribution in [1.82, 2.24) is 9.97 Å². The highest BCUT2D eigenvalue weighted by Crippen LogP contribution is 2.33. The van der Waals surface area contributed by atoms with Crippen molar-refractivity contribution in [3.8, 4) is 0 Å². The third-order valence-electron chi connectivity index (χ3n) is 4.47. The lowest BCUT2D eigenvalue weighted by Crippen LogP contribution is -2.04. The van der Waals surface area contributed by atoms with Crippen LogP contribution in [-0.2, 0) is 4.79 Å². The van der Waals surface area contributed by atoms with Crippen LogP contribution in [0, 0.1) is 0 Å². The summed E-state index contributed by atoms with van der Waals surface area (Å²) in [6.07, 6.45) is 0. The van der Waals surface area contributed by atoms with Crippen molar-refractivity contribution in [1.29, 1.82) is 0 Å². The van der Waals surface area contributed by atoms with E-state index in [0.29, 0.717) is 29.6 Å². The molecule has 4 N–H and O–H groups in total. The van der Waals surface area contributed by atoms with Crippen LogP contribution < -0.4 is 11.5 Å². The molecule has 0 aliphatic rings. The van der Waals surface area contributed by atoms with Crippen molar-refractivity contribution >= 4 is 75.2 Å². The molecule has 0 fully saturated rings. The Hall–Kier alpha value is -2.99. The van der Waals surface area contributed by atoms with Crippen LogP contribution in [0.4, 0.5) is 11.6 Å². The predicted molar refractivity (Wildman–Crippen MR) is 139 cm³/mol. The van der Waals surface area contributed by atoms with Gasteiger partial charge in [0.1, 0.15) is 21.4 Å². The number of Topliss-reactive ketones (excluding diaryl/α,β-unsaturated/α-hetero) is 1. The summed E-state index contributed by atoms with van der Waals surface area (Å²) < 4.78 is 1.12. The highest BCUT2D eigenvalue weighted by atomic mass is 32.2. The zero-order valence-electron chi connectivity index (χ0n) is 17.6. The number of benzene rings is 2. The molecule has 0 radical (unpaired) electrons. The molecule has 0 saturated heterocycles. The summed E-state index contributed by atoms with van der Waals surface area (Å²) in [7, 11) is 0. The van der Waals surface area contributed by atoms with Crippen LogP contribution in [0.2, 0.25) is 0 Å². The van der Waals surface area contributed by atoms with Crippen molar-refractivity contribution in [2.45, 2.75) is 8.68 Å². The van der Waals surface area contributed by atoms with Gasteiger partial charge in [-0.05, 0) is 0 Å². The predicted octanol–water partition coefficient (Wildman–Crippen LogP) is 4.68. The third-order valence-corrected chi connectivity index (χ3v) is 9.01. The Kier molecular flexibility index (Phi) is 7.78. The van der Waals surface area contributed by atoms with Crippen LogP contribution in [0.1, 0.15) is 30.5 Å². The summed E-state index contributed by atoms with van der Waals surface area (Å²) in [5.74, 6) is 0.266. The van der Waals surface area contributed by atoms with Crippen molar-refractivity contribution < 1.29 is 14.4 Å². The molecule has 0 spiro atoms. The molecule has 4 aromatic rings. The van der Waals surface area contributed by atoms with E-state index in [9.17, 15) is 14.4 Å². The molecule has 0 unspecified atom stereocenters. The largest absolute Gasteiger partial charge is 0.382 e. The molecule has 4 rings (SSSR count). The van der Waals surface area contributed by atoms with Gasteiger partial charge in [-0.1, -0.05) is 84.2 Å². The number of ketones is 3. The van der Waals surface area contributed by atoms with Crippen LogP contribution >= 0.6 is 46.2 Å². The number of nitrogens with zero attached hydrogens (tertiary/aromatic N) is 2. The molecule has 7 nitrogen and oxygen atoms in total. The molecule has 0 aliphatic carbocycles. The highest BCUT2D eigenvalue weighted by Gasteiger charge is 2.20. The zero-order valence-corrected chi connectivity index (χ0v) is 20.9. The number of carbonyl (C=O) groups excluding carboxylic acids is 3. The van der Waals surface area contributed by atoms with E-state index in [1.54, 1.807) is 48.5 Å². The molecule has 0 amide bonds. The lowest BCUT2D eigenvalue weighted by atomic mass is 10.1. The standard InChI is InChI=1S/C23H18N4O3S4/c24-20-18(16(29)13-7-3-1-4-8-13)33-22(26-20)31-11-15(28)12-32-23-27-21(25)19(34-23)17(30)14-9-5-2-6-10-14/h1-10H,11-12,24-25H2. The first kappa shape index (κ1) is 24.1. The van der Waals surface area contributed by atoms with Gasteiger partial charge >= 0.3 is 0 Å². The summed E-state index contributed by atoms with van der Waals surface area (Å²) in [6.45, 7) is 0. The molecule has 2 aromatic carbocycles. The van der Waals surface area contributed by atoms with E-state index in [-0.39, 0.29) is 40.5 Å². The van der Waals surface area contributed by atoms with Gasteiger partial charge in [0.15, 0.2) is 14.5 Å². The Morgan fingerprint density at radius 2 is 1.06 bits per heavy atom. The maximum absolute atomic E-state index is 12.6. The maximum Gasteiger partial charge on any atom is 0.206 e. The quantitative estimate of drug-likeness (QED) is 0.223. The molecule has 11 heteroatoms. The number of aromatic nitrogens is 2. The summed E-state index contributed by atoms with van der Waals surface area (Å²) in [5, 5.41) is 0. The van der Waals surface area contributed by atoms with E-state index in [4.69, 9.17) is 11.5 Å². The minimum absolute atomic E-state index is 0.0376. The van der Waals surface area contributed by atoms with Gasteiger partial charge in [-0.15, -0.1) is 22.7 Å². The number of carbonyl (C=O) groups is 3. The Bertz CT molecular complexity index is 1240. The Labute approximate surface area is 212 Å². The second-order valence-corrected chi connectivity index (χ2v) is 11.3. The van der Waals surface area contributed by atoms with Gasteiger partial charge in [0, 0.05) is 11.1 Å². The van der Waals surface area contributed by atoms with Crippen LogP contribution in [-0.4, -0.2) is 38.8 Å². The van der Waals surface area contributed by atoms with Gasteiger partial charge in [-0.3, -0.25) is 14.4 Å². The minimum Gasteiger partial charge on any atom is -0.382 e. The summed E-state index contributed by atoms with van der Waals surface area (Å²) in [4.78, 5) is 46.8. The molecular formula is C23H18N4O3S4. The highest BCUT2D eigenvalue weighted by molar-refractivity contribution is 8.03. The number of anilines is 2. The van der Waals surface area contributed by atoms with Crippen LogP contribution in [0.5, 0.6) is 0 Å². The van der Waals surface area contributed by atoms with Crippen LogP contribution in [0.3, 0.4) is 0 Å². The fourth-order valence-electron chi connectivity index (χ4n) is 2.84. The second-order valence-electron chi connectivity index (χ2n) is 6.89. The first-order valence-electron chi connectivity index (χ1n) is 9.91. The number of hydrogen-bond donors (Lipinski definition) is 2. The van der Waals surface area contributed by atoms with Crippen LogP contribution in [0.25, 0.3) is 0 Å². The van der Waals surface area contributed by atoms with E-state index >= 15 is 0 Å². The first-order chi connectivity index (χ1) is 16.4. The fraction of sp³-hybridized carbons (Fsp3) is 0.0870. The van der Waals surface area contributed by atoms with E-state index in [0.717, 1.165) is 0 Å². The molecule has 34 heavy (non-hydrogen) atoms. The number of nitrogen functional groups attached to an aromatic ring is 2. The number of rotatable bonds is 10. The molecule has 2 heterocycles. The van der Waals surface area contributed by atoms with Crippen molar-refractivity contribution in [2.75, 3.05) is 23.0 Å². The van der Waals surface area contributed by atoms with Gasteiger partial charge in [-0.2, -0.15) is 0 Å². The van der Waals surface area contributed by atoms with Crippen molar-refractivity contribution in [2.24, 2.45) is 0 Å². The lowest BCUT2D eigenvalue weighted by Gasteiger charge is -1.98.